The number of piperidine rings is 1. The molecule has 1 aromatic rings. The van der Waals surface area contributed by atoms with Gasteiger partial charge in [-0.15, -0.1) is 0 Å². The number of hydrogen-bond acceptors (Lipinski definition) is 4. The fraction of sp³-hybridized carbons (Fsp3) is 0.500. The zero-order chi connectivity index (χ0) is 14.7. The van der Waals surface area contributed by atoms with E-state index in [4.69, 9.17) is 4.99 Å². The van der Waals surface area contributed by atoms with Crippen LogP contribution in [-0.4, -0.2) is 47.4 Å². The number of nitrogens with zero attached hydrogens (tertiary/aromatic N) is 2. The maximum atomic E-state index is 11.5. The van der Waals surface area contributed by atoms with Crippen LogP contribution in [0, 0.1) is 0 Å². The van der Waals surface area contributed by atoms with Gasteiger partial charge in [-0.05, 0) is 18.4 Å². The van der Waals surface area contributed by atoms with Crippen LogP contribution in [0.2, 0.25) is 0 Å². The van der Waals surface area contributed by atoms with Crippen LogP contribution in [0.3, 0.4) is 0 Å². The van der Waals surface area contributed by atoms with E-state index in [0.29, 0.717) is 18.5 Å². The van der Waals surface area contributed by atoms with E-state index in [9.17, 15) is 4.79 Å². The predicted octanol–water partition coefficient (Wildman–Crippen LogP) is 1.91. The van der Waals surface area contributed by atoms with Gasteiger partial charge in [0.25, 0.3) is 0 Å². The van der Waals surface area contributed by atoms with Gasteiger partial charge in [0.15, 0.2) is 5.17 Å². The first kappa shape index (κ1) is 14.4. The van der Waals surface area contributed by atoms with Gasteiger partial charge in [0, 0.05) is 31.8 Å². The van der Waals surface area contributed by atoms with E-state index >= 15 is 0 Å². The number of benzene rings is 1. The molecule has 2 atom stereocenters. The normalized spacial score (nSPS) is 25.9. The van der Waals surface area contributed by atoms with E-state index in [1.54, 1.807) is 11.8 Å². The molecule has 1 amide bonds. The van der Waals surface area contributed by atoms with E-state index in [-0.39, 0.29) is 5.91 Å². The zero-order valence-electron chi connectivity index (χ0n) is 12.3. The average molecular weight is 303 g/mol. The van der Waals surface area contributed by atoms with Gasteiger partial charge in [-0.1, -0.05) is 42.1 Å². The molecule has 1 N–H and O–H groups in total. The number of carbonyl (C=O) groups is 1. The summed E-state index contributed by atoms with van der Waals surface area (Å²) >= 11 is 1.80. The topological polar surface area (TPSA) is 44.7 Å². The van der Waals surface area contributed by atoms with E-state index in [0.717, 1.165) is 30.3 Å². The van der Waals surface area contributed by atoms with Gasteiger partial charge in [0.2, 0.25) is 5.91 Å². The Kier molecular flexibility index (Phi) is 4.48. The lowest BCUT2D eigenvalue weighted by Crippen LogP contribution is -2.47. The maximum Gasteiger partial charge on any atom is 0.222 e. The molecule has 0 aliphatic carbocycles. The first-order valence-electron chi connectivity index (χ1n) is 7.46. The average Bonchev–Trinajstić information content (AvgIpc) is 2.91. The minimum Gasteiger partial charge on any atom is -0.360 e. The van der Waals surface area contributed by atoms with Gasteiger partial charge in [-0.2, -0.15) is 0 Å². The van der Waals surface area contributed by atoms with Crippen LogP contribution in [0.25, 0.3) is 0 Å². The smallest absolute Gasteiger partial charge is 0.222 e. The predicted molar refractivity (Wildman–Crippen MR) is 87.6 cm³/mol. The molecule has 112 valence electrons. The highest BCUT2D eigenvalue weighted by molar-refractivity contribution is 8.14. The summed E-state index contributed by atoms with van der Waals surface area (Å²) in [6.45, 7) is 0.780. The molecule has 1 fully saturated rings. The molecular weight excluding hydrogens is 282 g/mol. The molecule has 1 saturated heterocycles. The monoisotopic (exact) mass is 303 g/mol. The van der Waals surface area contributed by atoms with Crippen LogP contribution in [0.1, 0.15) is 18.4 Å². The lowest BCUT2D eigenvalue weighted by Gasteiger charge is -2.30. The Hall–Kier alpha value is -1.49. The maximum absolute atomic E-state index is 11.5. The second-order valence-electron chi connectivity index (χ2n) is 5.74. The summed E-state index contributed by atoms with van der Waals surface area (Å²) in [7, 11) is 1.87. The van der Waals surface area contributed by atoms with Crippen LogP contribution in [0.4, 0.5) is 0 Å². The Labute approximate surface area is 130 Å². The number of nitrogens with one attached hydrogen (secondary N) is 1. The lowest BCUT2D eigenvalue weighted by molar-refractivity contribution is -0.132. The quantitative estimate of drug-likeness (QED) is 0.928. The first-order valence-corrected chi connectivity index (χ1v) is 8.44. The van der Waals surface area contributed by atoms with E-state index < -0.39 is 0 Å². The third-order valence-corrected chi connectivity index (χ3v) is 5.03. The minimum atomic E-state index is 0.246. The third kappa shape index (κ3) is 3.79. The molecule has 3 rings (SSSR count). The van der Waals surface area contributed by atoms with Crippen molar-refractivity contribution in [3.8, 4) is 0 Å². The van der Waals surface area contributed by atoms with Crippen molar-refractivity contribution in [3.05, 3.63) is 35.9 Å². The highest BCUT2D eigenvalue weighted by Gasteiger charge is 2.26. The molecule has 2 heterocycles. The van der Waals surface area contributed by atoms with Crippen LogP contribution >= 0.6 is 11.8 Å². The fourth-order valence-corrected chi connectivity index (χ4v) is 3.81. The second kappa shape index (κ2) is 6.52. The van der Waals surface area contributed by atoms with Crippen molar-refractivity contribution in [2.45, 2.75) is 31.3 Å². The van der Waals surface area contributed by atoms with Crippen molar-refractivity contribution in [2.24, 2.45) is 4.99 Å². The molecule has 0 saturated carbocycles. The van der Waals surface area contributed by atoms with Crippen molar-refractivity contribution in [3.63, 3.8) is 0 Å². The molecule has 0 radical (unpaired) electrons. The van der Waals surface area contributed by atoms with Gasteiger partial charge >= 0.3 is 0 Å². The molecule has 2 aliphatic heterocycles. The van der Waals surface area contributed by atoms with Crippen LogP contribution < -0.4 is 5.32 Å². The fourth-order valence-electron chi connectivity index (χ4n) is 2.79. The van der Waals surface area contributed by atoms with Gasteiger partial charge in [0.1, 0.15) is 0 Å². The number of likely N-dealkylation sites (tertiary alicyclic amines) is 1. The molecule has 0 aromatic heterocycles. The number of amides is 1. The summed E-state index contributed by atoms with van der Waals surface area (Å²) in [6.07, 6.45) is 2.55. The molecular formula is C16H21N3OS. The number of aliphatic imine (C=N–C) groups is 1. The standard InChI is InChI=1S/C16H21N3OS/c1-19-10-13(7-8-15(19)20)17-16-18-14(11-21-16)9-12-5-3-2-4-6-12/h2-6,13-14H,7-11H2,1H3,(H,17,18). The van der Waals surface area contributed by atoms with Crippen LogP contribution in [0.5, 0.6) is 0 Å². The third-order valence-electron chi connectivity index (χ3n) is 3.98. The summed E-state index contributed by atoms with van der Waals surface area (Å²) in [4.78, 5) is 18.1. The summed E-state index contributed by atoms with van der Waals surface area (Å²) < 4.78 is 0. The summed E-state index contributed by atoms with van der Waals surface area (Å²) in [6, 6.07) is 11.2. The highest BCUT2D eigenvalue weighted by atomic mass is 32.2. The van der Waals surface area contributed by atoms with Crippen molar-refractivity contribution >= 4 is 22.8 Å². The summed E-state index contributed by atoms with van der Waals surface area (Å²) in [5.74, 6) is 1.29. The van der Waals surface area contributed by atoms with E-state index in [2.05, 4.69) is 29.6 Å². The van der Waals surface area contributed by atoms with Crippen molar-refractivity contribution < 1.29 is 4.79 Å². The summed E-state index contributed by atoms with van der Waals surface area (Å²) in [5, 5.41) is 4.55. The molecule has 4 nitrogen and oxygen atoms in total. The minimum absolute atomic E-state index is 0.246. The van der Waals surface area contributed by atoms with Crippen molar-refractivity contribution in [1.29, 1.82) is 0 Å². The van der Waals surface area contributed by atoms with Crippen molar-refractivity contribution in [2.75, 3.05) is 19.3 Å². The van der Waals surface area contributed by atoms with Crippen LogP contribution in [-0.2, 0) is 11.2 Å². The van der Waals surface area contributed by atoms with E-state index in [1.165, 1.54) is 5.56 Å². The lowest BCUT2D eigenvalue weighted by atomic mass is 10.1. The molecule has 0 bridgehead atoms. The Morgan fingerprint density at radius 3 is 2.95 bits per heavy atom. The highest BCUT2D eigenvalue weighted by Crippen LogP contribution is 2.21. The summed E-state index contributed by atoms with van der Waals surface area (Å²) in [5.41, 5.74) is 1.34. The second-order valence-corrected chi connectivity index (χ2v) is 6.75. The van der Waals surface area contributed by atoms with Crippen LogP contribution in [0.15, 0.2) is 35.3 Å². The number of carbonyl (C=O) groups excluding carboxylic acids is 1. The number of hydrogen-bond donors (Lipinski definition) is 1. The zero-order valence-corrected chi connectivity index (χ0v) is 13.1. The van der Waals surface area contributed by atoms with E-state index in [1.807, 2.05) is 18.0 Å². The number of likely N-dealkylation sites (N-methyl/N-ethyl adjacent to an activating group) is 1. The van der Waals surface area contributed by atoms with Gasteiger partial charge in [0.05, 0.1) is 6.04 Å². The molecule has 0 spiro atoms. The molecule has 2 aliphatic rings. The molecule has 2 unspecified atom stereocenters. The van der Waals surface area contributed by atoms with Crippen molar-refractivity contribution in [1.82, 2.24) is 10.2 Å². The van der Waals surface area contributed by atoms with Gasteiger partial charge in [-0.3, -0.25) is 9.79 Å². The first-order chi connectivity index (χ1) is 10.2. The number of amidine groups is 1. The number of thioether (sulfide) groups is 1. The Morgan fingerprint density at radius 2 is 2.19 bits per heavy atom. The number of rotatable bonds is 3. The molecule has 21 heavy (non-hydrogen) atoms. The largest absolute Gasteiger partial charge is 0.360 e. The van der Waals surface area contributed by atoms with Gasteiger partial charge < -0.3 is 10.2 Å². The molecule has 1 aromatic carbocycles. The SMILES string of the molecule is CN1CC(NC2=NC(Cc3ccccc3)CS2)CCC1=O. The Balaban J connectivity index is 1.53. The van der Waals surface area contributed by atoms with Gasteiger partial charge in [-0.25, -0.2) is 0 Å². The Morgan fingerprint density at radius 1 is 1.38 bits per heavy atom. The molecule has 5 heteroatoms. The Bertz CT molecular complexity index is 532.